The third-order valence-electron chi connectivity index (χ3n) is 2.05. The van der Waals surface area contributed by atoms with E-state index >= 15 is 0 Å². The van der Waals surface area contributed by atoms with Crippen molar-refractivity contribution >= 4 is 21.7 Å². The number of hydrogen-bond acceptors (Lipinski definition) is 3. The van der Waals surface area contributed by atoms with Crippen molar-refractivity contribution in [3.8, 4) is 11.5 Å². The van der Waals surface area contributed by atoms with Gasteiger partial charge in [0.05, 0.1) is 11.9 Å². The van der Waals surface area contributed by atoms with E-state index < -0.39 is 11.4 Å². The average Bonchev–Trinajstić information content (AvgIpc) is 2.27. The van der Waals surface area contributed by atoms with Crippen molar-refractivity contribution in [1.29, 1.82) is 0 Å². The SMILES string of the molecule is COc1cc(C(Br)C(C)=O)ccc1OC(F)F. The van der Waals surface area contributed by atoms with E-state index in [9.17, 15) is 13.6 Å². The van der Waals surface area contributed by atoms with Gasteiger partial charge in [-0.1, -0.05) is 22.0 Å². The molecule has 0 aromatic heterocycles. The van der Waals surface area contributed by atoms with Gasteiger partial charge in [0, 0.05) is 0 Å². The Morgan fingerprint density at radius 3 is 2.47 bits per heavy atom. The third-order valence-corrected chi connectivity index (χ3v) is 3.23. The van der Waals surface area contributed by atoms with Gasteiger partial charge in [0.15, 0.2) is 11.5 Å². The summed E-state index contributed by atoms with van der Waals surface area (Å²) in [5.74, 6) is 0.0117. The maximum atomic E-state index is 12.1. The summed E-state index contributed by atoms with van der Waals surface area (Å²) in [7, 11) is 1.34. The molecule has 0 aliphatic heterocycles. The first-order valence-corrected chi connectivity index (χ1v) is 5.64. The molecule has 1 aromatic carbocycles. The van der Waals surface area contributed by atoms with Crippen molar-refractivity contribution in [2.24, 2.45) is 0 Å². The van der Waals surface area contributed by atoms with Gasteiger partial charge in [-0.05, 0) is 24.6 Å². The third kappa shape index (κ3) is 3.66. The van der Waals surface area contributed by atoms with Gasteiger partial charge in [-0.15, -0.1) is 0 Å². The fourth-order valence-electron chi connectivity index (χ4n) is 1.27. The Morgan fingerprint density at radius 1 is 1.35 bits per heavy atom. The second-order valence-electron chi connectivity index (χ2n) is 3.26. The minimum atomic E-state index is -2.91. The van der Waals surface area contributed by atoms with Crippen LogP contribution in [-0.4, -0.2) is 19.5 Å². The number of ether oxygens (including phenoxy) is 2. The molecule has 0 saturated carbocycles. The molecule has 0 radical (unpaired) electrons. The van der Waals surface area contributed by atoms with E-state index in [1.165, 1.54) is 32.2 Å². The Hall–Kier alpha value is -1.17. The Morgan fingerprint density at radius 2 is 2.00 bits per heavy atom. The molecule has 0 aliphatic rings. The summed E-state index contributed by atoms with van der Waals surface area (Å²) in [6, 6.07) is 4.36. The van der Waals surface area contributed by atoms with Crippen molar-refractivity contribution in [3.05, 3.63) is 23.8 Å². The molecular formula is C11H11BrF2O3. The fraction of sp³-hybridized carbons (Fsp3) is 0.364. The molecule has 0 fully saturated rings. The largest absolute Gasteiger partial charge is 0.493 e. The standard InChI is InChI=1S/C11H11BrF2O3/c1-6(15)10(12)7-3-4-8(17-11(13)14)9(5-7)16-2/h3-5,10-11H,1-2H3. The highest BCUT2D eigenvalue weighted by Gasteiger charge is 2.16. The summed E-state index contributed by atoms with van der Waals surface area (Å²) in [6.07, 6.45) is 0. The summed E-state index contributed by atoms with van der Waals surface area (Å²) in [4.78, 5) is 10.7. The van der Waals surface area contributed by atoms with E-state index in [1.807, 2.05) is 0 Å². The molecule has 1 rings (SSSR count). The highest BCUT2D eigenvalue weighted by atomic mass is 79.9. The summed E-state index contributed by atoms with van der Waals surface area (Å²) >= 11 is 3.20. The number of rotatable bonds is 5. The van der Waals surface area contributed by atoms with Crippen LogP contribution >= 0.6 is 15.9 Å². The number of carbonyl (C=O) groups excluding carboxylic acids is 1. The Kier molecular flexibility index (Phi) is 4.86. The van der Waals surface area contributed by atoms with E-state index in [1.54, 1.807) is 0 Å². The molecule has 1 aromatic rings. The highest BCUT2D eigenvalue weighted by molar-refractivity contribution is 9.09. The lowest BCUT2D eigenvalue weighted by Gasteiger charge is -2.13. The number of methoxy groups -OCH3 is 1. The van der Waals surface area contributed by atoms with Crippen LogP contribution in [0.1, 0.15) is 17.3 Å². The lowest BCUT2D eigenvalue weighted by Crippen LogP contribution is -2.05. The summed E-state index contributed by atoms with van der Waals surface area (Å²) in [6.45, 7) is -1.49. The van der Waals surface area contributed by atoms with Crippen molar-refractivity contribution in [1.82, 2.24) is 0 Å². The van der Waals surface area contributed by atoms with Crippen molar-refractivity contribution < 1.29 is 23.0 Å². The van der Waals surface area contributed by atoms with Crippen LogP contribution in [0.4, 0.5) is 8.78 Å². The number of ketones is 1. The summed E-state index contributed by atoms with van der Waals surface area (Å²) in [5.41, 5.74) is 0.621. The molecule has 1 atom stereocenters. The second kappa shape index (κ2) is 5.95. The molecule has 0 aliphatic carbocycles. The van der Waals surface area contributed by atoms with Gasteiger partial charge in [0.1, 0.15) is 5.78 Å². The Balaban J connectivity index is 3.03. The minimum Gasteiger partial charge on any atom is -0.493 e. The highest BCUT2D eigenvalue weighted by Crippen LogP contribution is 2.34. The maximum Gasteiger partial charge on any atom is 0.387 e. The van der Waals surface area contributed by atoms with Crippen LogP contribution < -0.4 is 9.47 Å². The maximum absolute atomic E-state index is 12.1. The summed E-state index contributed by atoms with van der Waals surface area (Å²) in [5, 5.41) is 0. The molecule has 1 unspecified atom stereocenters. The number of alkyl halides is 3. The molecule has 17 heavy (non-hydrogen) atoms. The van der Waals surface area contributed by atoms with E-state index in [-0.39, 0.29) is 17.3 Å². The lowest BCUT2D eigenvalue weighted by molar-refractivity contribution is -0.116. The van der Waals surface area contributed by atoms with Crippen LogP contribution in [0.2, 0.25) is 0 Å². The zero-order valence-electron chi connectivity index (χ0n) is 9.25. The van der Waals surface area contributed by atoms with Crippen LogP contribution in [0.3, 0.4) is 0 Å². The predicted molar refractivity (Wildman–Crippen MR) is 62.0 cm³/mol. The van der Waals surface area contributed by atoms with Crippen molar-refractivity contribution in [3.63, 3.8) is 0 Å². The minimum absolute atomic E-state index is 0.0606. The van der Waals surface area contributed by atoms with Crippen LogP contribution in [0, 0.1) is 0 Å². The molecule has 0 saturated heterocycles. The number of Topliss-reactive ketones (excluding diaryl/α,β-unsaturated/α-hetero) is 1. The first-order valence-electron chi connectivity index (χ1n) is 4.73. The molecule has 0 heterocycles. The van der Waals surface area contributed by atoms with Crippen LogP contribution in [0.5, 0.6) is 11.5 Å². The molecular weight excluding hydrogens is 298 g/mol. The van der Waals surface area contributed by atoms with Crippen molar-refractivity contribution in [2.45, 2.75) is 18.4 Å². The molecule has 0 bridgehead atoms. The van der Waals surface area contributed by atoms with E-state index in [0.717, 1.165) is 0 Å². The first kappa shape index (κ1) is 13.9. The molecule has 3 nitrogen and oxygen atoms in total. The number of hydrogen-bond donors (Lipinski definition) is 0. The van der Waals surface area contributed by atoms with Gasteiger partial charge in [-0.2, -0.15) is 8.78 Å². The normalized spacial score (nSPS) is 12.4. The van der Waals surface area contributed by atoms with E-state index in [2.05, 4.69) is 20.7 Å². The van der Waals surface area contributed by atoms with Crippen LogP contribution in [0.25, 0.3) is 0 Å². The van der Waals surface area contributed by atoms with Crippen LogP contribution in [-0.2, 0) is 4.79 Å². The molecule has 94 valence electrons. The molecule has 0 amide bonds. The Labute approximate surface area is 106 Å². The smallest absolute Gasteiger partial charge is 0.387 e. The fourth-order valence-corrected chi connectivity index (χ4v) is 1.55. The quantitative estimate of drug-likeness (QED) is 0.783. The van der Waals surface area contributed by atoms with Gasteiger partial charge >= 0.3 is 6.61 Å². The number of benzene rings is 1. The van der Waals surface area contributed by atoms with E-state index in [4.69, 9.17) is 4.74 Å². The lowest BCUT2D eigenvalue weighted by atomic mass is 10.1. The summed E-state index contributed by atoms with van der Waals surface area (Å²) < 4.78 is 33.4. The zero-order valence-corrected chi connectivity index (χ0v) is 10.8. The molecule has 0 N–H and O–H groups in total. The number of halogens is 3. The van der Waals surface area contributed by atoms with Crippen molar-refractivity contribution in [2.75, 3.05) is 7.11 Å². The van der Waals surface area contributed by atoms with Gasteiger partial charge in [0.25, 0.3) is 0 Å². The zero-order chi connectivity index (χ0) is 13.0. The molecule has 6 heteroatoms. The van der Waals surface area contributed by atoms with Gasteiger partial charge < -0.3 is 9.47 Å². The first-order chi connectivity index (χ1) is 7.95. The average molecular weight is 309 g/mol. The van der Waals surface area contributed by atoms with Gasteiger partial charge in [-0.3, -0.25) is 4.79 Å². The number of carbonyl (C=O) groups is 1. The monoisotopic (exact) mass is 308 g/mol. The van der Waals surface area contributed by atoms with Crippen LogP contribution in [0.15, 0.2) is 18.2 Å². The second-order valence-corrected chi connectivity index (χ2v) is 4.18. The van der Waals surface area contributed by atoms with Gasteiger partial charge in [0.2, 0.25) is 0 Å². The van der Waals surface area contributed by atoms with E-state index in [0.29, 0.717) is 5.56 Å². The topological polar surface area (TPSA) is 35.5 Å². The predicted octanol–water partition coefficient (Wildman–Crippen LogP) is 3.32. The molecule has 0 spiro atoms. The Bertz CT molecular complexity index is 410. The van der Waals surface area contributed by atoms with Gasteiger partial charge in [-0.25, -0.2) is 0 Å².